The maximum Gasteiger partial charge on any atom is 0.189 e. The highest BCUT2D eigenvalue weighted by atomic mass is 15.0. The lowest BCUT2D eigenvalue weighted by Crippen LogP contribution is -1.97. The Kier molecular flexibility index (Phi) is 6.22. The van der Waals surface area contributed by atoms with E-state index in [0.29, 0.717) is 11.3 Å². The van der Waals surface area contributed by atoms with E-state index in [1.807, 2.05) is 42.5 Å². The SMILES string of the molecule is [C-]#[N+]c1ccc2c3ccccc3n(-c3cc(-c4cccc(-n5c6ccccc6c6ccccc65)c4)cc(-c4ccccc4C#N)c3)c2c1. The van der Waals surface area contributed by atoms with E-state index in [1.165, 1.54) is 10.8 Å². The van der Waals surface area contributed by atoms with Crippen molar-refractivity contribution in [1.82, 2.24) is 9.13 Å². The minimum Gasteiger partial charge on any atom is -0.310 e. The molecule has 0 spiro atoms. The van der Waals surface area contributed by atoms with Crippen molar-refractivity contribution < 1.29 is 0 Å². The first-order valence-electron chi connectivity index (χ1n) is 15.9. The molecule has 2 heterocycles. The maximum absolute atomic E-state index is 10.1. The monoisotopic (exact) mass is 610 g/mol. The average Bonchev–Trinajstić information content (AvgIpc) is 3.67. The maximum atomic E-state index is 10.1. The lowest BCUT2D eigenvalue weighted by Gasteiger charge is -2.16. The fourth-order valence-electron chi connectivity index (χ4n) is 7.23. The molecule has 0 unspecified atom stereocenters. The van der Waals surface area contributed by atoms with Gasteiger partial charge in [-0.25, -0.2) is 4.85 Å². The van der Waals surface area contributed by atoms with Gasteiger partial charge in [-0.05, 0) is 82.9 Å². The highest BCUT2D eigenvalue weighted by molar-refractivity contribution is 6.11. The van der Waals surface area contributed by atoms with Crippen LogP contribution in [0.4, 0.5) is 5.69 Å². The van der Waals surface area contributed by atoms with Gasteiger partial charge in [-0.3, -0.25) is 0 Å². The van der Waals surface area contributed by atoms with Gasteiger partial charge in [-0.15, -0.1) is 0 Å². The standard InChI is InChI=1S/C44H26N4/c1-46-33-21-22-40-39-17-6-9-20-43(39)48(44(40)27-33)35-25-31(23-32(26-35)36-14-3-2-11-30(36)28-45)29-12-10-13-34(24-29)47-41-18-7-4-15-37(41)38-16-5-8-19-42(38)47/h2-27H. The molecule has 0 aliphatic carbocycles. The van der Waals surface area contributed by atoms with Crippen molar-refractivity contribution >= 4 is 49.3 Å². The molecule has 0 aliphatic rings. The third-order valence-corrected chi connectivity index (χ3v) is 9.34. The number of para-hydroxylation sites is 3. The second-order valence-electron chi connectivity index (χ2n) is 12.0. The molecule has 0 saturated carbocycles. The molecule has 2 aromatic heterocycles. The summed E-state index contributed by atoms with van der Waals surface area (Å²) in [6, 6.07) is 56.8. The number of nitriles is 1. The number of benzene rings is 7. The van der Waals surface area contributed by atoms with Crippen LogP contribution < -0.4 is 0 Å². The molecule has 0 amide bonds. The molecule has 7 aromatic carbocycles. The summed E-state index contributed by atoms with van der Waals surface area (Å²) in [5.74, 6) is 0. The fraction of sp³-hybridized carbons (Fsp3) is 0. The molecule has 48 heavy (non-hydrogen) atoms. The molecule has 9 rings (SSSR count). The van der Waals surface area contributed by atoms with Gasteiger partial charge in [0, 0.05) is 38.4 Å². The summed E-state index contributed by atoms with van der Waals surface area (Å²) >= 11 is 0. The van der Waals surface area contributed by atoms with Gasteiger partial charge in [0.25, 0.3) is 0 Å². The van der Waals surface area contributed by atoms with Crippen LogP contribution in [0.25, 0.3) is 82.1 Å². The Labute approximate surface area is 277 Å². The highest BCUT2D eigenvalue weighted by Gasteiger charge is 2.17. The molecule has 222 valence electrons. The summed E-state index contributed by atoms with van der Waals surface area (Å²) in [6.45, 7) is 7.73. The quantitative estimate of drug-likeness (QED) is 0.183. The zero-order valence-electron chi connectivity index (χ0n) is 25.8. The average molecular weight is 611 g/mol. The smallest absolute Gasteiger partial charge is 0.189 e. The predicted molar refractivity (Wildman–Crippen MR) is 197 cm³/mol. The zero-order chi connectivity index (χ0) is 32.2. The second-order valence-corrected chi connectivity index (χ2v) is 12.0. The Morgan fingerprint density at radius 3 is 1.69 bits per heavy atom. The van der Waals surface area contributed by atoms with Crippen LogP contribution in [0, 0.1) is 17.9 Å². The number of aromatic nitrogens is 2. The normalized spacial score (nSPS) is 11.3. The van der Waals surface area contributed by atoms with Crippen LogP contribution in [0.15, 0.2) is 158 Å². The zero-order valence-corrected chi connectivity index (χ0v) is 25.8. The van der Waals surface area contributed by atoms with Gasteiger partial charge < -0.3 is 9.13 Å². The number of hydrogen-bond acceptors (Lipinski definition) is 1. The van der Waals surface area contributed by atoms with Crippen LogP contribution in [0.2, 0.25) is 0 Å². The summed E-state index contributed by atoms with van der Waals surface area (Å²) in [6.07, 6.45) is 0. The molecule has 0 atom stereocenters. The van der Waals surface area contributed by atoms with E-state index in [1.54, 1.807) is 0 Å². The summed E-state index contributed by atoms with van der Waals surface area (Å²) < 4.78 is 4.58. The summed E-state index contributed by atoms with van der Waals surface area (Å²) in [4.78, 5) is 3.75. The van der Waals surface area contributed by atoms with Gasteiger partial charge in [0.2, 0.25) is 0 Å². The van der Waals surface area contributed by atoms with E-state index in [2.05, 4.69) is 135 Å². The van der Waals surface area contributed by atoms with E-state index >= 15 is 0 Å². The topological polar surface area (TPSA) is 38.0 Å². The first-order chi connectivity index (χ1) is 23.7. The second kappa shape index (κ2) is 10.9. The van der Waals surface area contributed by atoms with E-state index in [4.69, 9.17) is 6.57 Å². The van der Waals surface area contributed by atoms with Crippen molar-refractivity contribution in [3.8, 4) is 39.7 Å². The van der Waals surface area contributed by atoms with Crippen LogP contribution in [0.5, 0.6) is 0 Å². The van der Waals surface area contributed by atoms with Crippen molar-refractivity contribution in [2.75, 3.05) is 0 Å². The van der Waals surface area contributed by atoms with E-state index in [-0.39, 0.29) is 0 Å². The third-order valence-electron chi connectivity index (χ3n) is 9.34. The molecular formula is C44H26N4. The lowest BCUT2D eigenvalue weighted by molar-refractivity contribution is 1.17. The summed E-state index contributed by atoms with van der Waals surface area (Å²) in [5, 5.41) is 14.8. The largest absolute Gasteiger partial charge is 0.310 e. The van der Waals surface area contributed by atoms with E-state index in [9.17, 15) is 5.26 Å². The van der Waals surface area contributed by atoms with Gasteiger partial charge >= 0.3 is 0 Å². The van der Waals surface area contributed by atoms with Gasteiger partial charge in [-0.2, -0.15) is 5.26 Å². The van der Waals surface area contributed by atoms with Crippen LogP contribution in [0.3, 0.4) is 0 Å². The highest BCUT2D eigenvalue weighted by Crippen LogP contribution is 2.39. The number of fused-ring (bicyclic) bond motifs is 6. The van der Waals surface area contributed by atoms with Gasteiger partial charge in [0.05, 0.1) is 34.8 Å². The molecular weight excluding hydrogens is 585 g/mol. The Morgan fingerprint density at radius 1 is 0.458 bits per heavy atom. The van der Waals surface area contributed by atoms with Crippen LogP contribution in [-0.4, -0.2) is 9.13 Å². The van der Waals surface area contributed by atoms with Gasteiger partial charge in [-0.1, -0.05) is 97.1 Å². The minimum atomic E-state index is 0.594. The lowest BCUT2D eigenvalue weighted by atomic mass is 9.95. The fourth-order valence-corrected chi connectivity index (χ4v) is 7.23. The molecule has 0 saturated heterocycles. The van der Waals surface area contributed by atoms with E-state index < -0.39 is 0 Å². The van der Waals surface area contributed by atoms with Crippen LogP contribution in [0.1, 0.15) is 5.56 Å². The van der Waals surface area contributed by atoms with Gasteiger partial charge in [0.15, 0.2) is 5.69 Å². The number of hydrogen-bond donors (Lipinski definition) is 0. The molecule has 4 heteroatoms. The molecule has 0 radical (unpaired) electrons. The molecule has 0 aliphatic heterocycles. The Morgan fingerprint density at radius 2 is 1.02 bits per heavy atom. The molecule has 4 nitrogen and oxygen atoms in total. The van der Waals surface area contributed by atoms with Crippen molar-refractivity contribution in [3.63, 3.8) is 0 Å². The third kappa shape index (κ3) is 4.22. The van der Waals surface area contributed by atoms with E-state index in [0.717, 1.165) is 66.5 Å². The number of nitrogens with zero attached hydrogens (tertiary/aromatic N) is 4. The molecule has 0 N–H and O–H groups in total. The summed E-state index contributed by atoms with van der Waals surface area (Å²) in [7, 11) is 0. The molecule has 0 bridgehead atoms. The Balaban J connectivity index is 1.33. The van der Waals surface area contributed by atoms with Crippen molar-refractivity contribution in [2.45, 2.75) is 0 Å². The summed E-state index contributed by atoms with van der Waals surface area (Å²) in [5.41, 5.74) is 11.5. The molecule has 0 fully saturated rings. The minimum absolute atomic E-state index is 0.594. The van der Waals surface area contributed by atoms with Crippen molar-refractivity contribution in [1.29, 1.82) is 5.26 Å². The van der Waals surface area contributed by atoms with Crippen LogP contribution in [-0.2, 0) is 0 Å². The first kappa shape index (κ1) is 27.4. The Hall–Kier alpha value is -6.88. The first-order valence-corrected chi connectivity index (χ1v) is 15.9. The number of rotatable bonds is 4. The molecule has 9 aromatic rings. The van der Waals surface area contributed by atoms with Gasteiger partial charge in [0.1, 0.15) is 0 Å². The van der Waals surface area contributed by atoms with Crippen molar-refractivity contribution in [3.05, 3.63) is 175 Å². The van der Waals surface area contributed by atoms with Crippen molar-refractivity contribution in [2.24, 2.45) is 0 Å². The Bertz CT molecular complexity index is 2760. The predicted octanol–water partition coefficient (Wildman–Crippen LogP) is 11.6. The van der Waals surface area contributed by atoms with Crippen LogP contribution >= 0.6 is 0 Å².